The van der Waals surface area contributed by atoms with Crippen LogP contribution in [-0.4, -0.2) is 16.1 Å². The van der Waals surface area contributed by atoms with E-state index in [4.69, 9.17) is 0 Å². The number of halogens is 1. The first-order chi connectivity index (χ1) is 8.55. The first-order valence-corrected chi connectivity index (χ1v) is 7.19. The van der Waals surface area contributed by atoms with Crippen molar-refractivity contribution in [1.82, 2.24) is 4.98 Å². The molecule has 1 fully saturated rings. The van der Waals surface area contributed by atoms with E-state index in [0.29, 0.717) is 12.3 Å². The Bertz CT molecular complexity index is 432. The van der Waals surface area contributed by atoms with Crippen LogP contribution in [0.1, 0.15) is 38.3 Å². The van der Waals surface area contributed by atoms with E-state index in [1.165, 1.54) is 0 Å². The molecule has 0 saturated heterocycles. The molecule has 2 atom stereocenters. The largest absolute Gasteiger partial charge is 0.481 e. The summed E-state index contributed by atoms with van der Waals surface area (Å²) in [5.41, 5.74) is 0.277. The number of carboxylic acids is 1. The van der Waals surface area contributed by atoms with Crippen LogP contribution >= 0.6 is 15.9 Å². The maximum Gasteiger partial charge on any atom is 0.310 e. The first kappa shape index (κ1) is 13.5. The molecule has 0 aromatic carbocycles. The molecular formula is C14H18BrNO2. The predicted molar refractivity (Wildman–Crippen MR) is 73.3 cm³/mol. The summed E-state index contributed by atoms with van der Waals surface area (Å²) in [4.78, 5) is 15.9. The lowest BCUT2D eigenvalue weighted by Crippen LogP contribution is -2.31. The Morgan fingerprint density at radius 3 is 2.89 bits per heavy atom. The van der Waals surface area contributed by atoms with Gasteiger partial charge in [-0.15, -0.1) is 0 Å². The number of hydrogen-bond donors (Lipinski definition) is 1. The fraction of sp³-hybridized carbons (Fsp3) is 0.571. The third-order valence-corrected chi connectivity index (χ3v) is 4.52. The van der Waals surface area contributed by atoms with Crippen molar-refractivity contribution in [3.8, 4) is 0 Å². The molecule has 1 saturated carbocycles. The van der Waals surface area contributed by atoms with E-state index in [-0.39, 0.29) is 0 Å². The highest BCUT2D eigenvalue weighted by atomic mass is 79.9. The lowest BCUT2D eigenvalue weighted by Gasteiger charge is -2.24. The van der Waals surface area contributed by atoms with Crippen molar-refractivity contribution >= 4 is 21.9 Å². The zero-order valence-electron chi connectivity index (χ0n) is 10.5. The van der Waals surface area contributed by atoms with Gasteiger partial charge in [0.15, 0.2) is 0 Å². The summed E-state index contributed by atoms with van der Waals surface area (Å²) in [6.45, 7) is 2.14. The van der Waals surface area contributed by atoms with Crippen LogP contribution in [0.3, 0.4) is 0 Å². The van der Waals surface area contributed by atoms with Crippen LogP contribution < -0.4 is 0 Å². The van der Waals surface area contributed by atoms with Gasteiger partial charge in [0.2, 0.25) is 0 Å². The first-order valence-electron chi connectivity index (χ1n) is 6.39. The van der Waals surface area contributed by atoms with Gasteiger partial charge < -0.3 is 5.11 Å². The number of nitrogens with zero attached hydrogens (tertiary/aromatic N) is 1. The van der Waals surface area contributed by atoms with Crippen LogP contribution in [0.25, 0.3) is 0 Å². The van der Waals surface area contributed by atoms with Crippen LogP contribution in [0.15, 0.2) is 22.8 Å². The van der Waals surface area contributed by atoms with Crippen LogP contribution in [0.4, 0.5) is 0 Å². The molecule has 1 heterocycles. The number of hydrogen-bond acceptors (Lipinski definition) is 2. The summed E-state index contributed by atoms with van der Waals surface area (Å²) in [5.74, 6) is -0.111. The quantitative estimate of drug-likeness (QED) is 0.923. The minimum atomic E-state index is -0.664. The topological polar surface area (TPSA) is 50.2 Å². The highest BCUT2D eigenvalue weighted by Gasteiger charge is 2.45. The fourth-order valence-electron chi connectivity index (χ4n) is 2.87. The minimum Gasteiger partial charge on any atom is -0.481 e. The van der Waals surface area contributed by atoms with Crippen molar-refractivity contribution in [2.24, 2.45) is 11.3 Å². The van der Waals surface area contributed by atoms with Crippen molar-refractivity contribution < 1.29 is 9.90 Å². The van der Waals surface area contributed by atoms with Gasteiger partial charge >= 0.3 is 5.97 Å². The Labute approximate surface area is 116 Å². The zero-order chi connectivity index (χ0) is 13.2. The van der Waals surface area contributed by atoms with Crippen molar-refractivity contribution in [2.75, 3.05) is 0 Å². The predicted octanol–water partition coefficient (Wildman–Crippen LogP) is 3.67. The second-order valence-electron chi connectivity index (χ2n) is 5.25. The second-order valence-corrected chi connectivity index (χ2v) is 6.16. The smallest absolute Gasteiger partial charge is 0.310 e. The van der Waals surface area contributed by atoms with Crippen LogP contribution in [0, 0.1) is 11.3 Å². The van der Waals surface area contributed by atoms with Gasteiger partial charge in [-0.1, -0.05) is 13.3 Å². The Morgan fingerprint density at radius 2 is 2.39 bits per heavy atom. The van der Waals surface area contributed by atoms with Gasteiger partial charge in [0.1, 0.15) is 0 Å². The van der Waals surface area contributed by atoms with Crippen molar-refractivity contribution in [3.05, 3.63) is 28.5 Å². The van der Waals surface area contributed by atoms with E-state index >= 15 is 0 Å². The SMILES string of the molecule is CCC1CCC(Cc2ccc(Br)cn2)(C(=O)O)C1. The second kappa shape index (κ2) is 5.39. The Hall–Kier alpha value is -0.900. The van der Waals surface area contributed by atoms with E-state index in [9.17, 15) is 9.90 Å². The van der Waals surface area contributed by atoms with Crippen molar-refractivity contribution in [3.63, 3.8) is 0 Å². The molecule has 3 nitrogen and oxygen atoms in total. The monoisotopic (exact) mass is 311 g/mol. The van der Waals surface area contributed by atoms with Crippen LogP contribution in [0.5, 0.6) is 0 Å². The Morgan fingerprint density at radius 1 is 1.61 bits per heavy atom. The Kier molecular flexibility index (Phi) is 4.05. The van der Waals surface area contributed by atoms with Gasteiger partial charge in [0.05, 0.1) is 5.41 Å². The molecule has 1 aromatic heterocycles. The van der Waals surface area contributed by atoms with E-state index in [1.807, 2.05) is 12.1 Å². The molecule has 0 amide bonds. The molecule has 4 heteroatoms. The summed E-state index contributed by atoms with van der Waals surface area (Å²) in [6.07, 6.45) is 5.94. The fourth-order valence-corrected chi connectivity index (χ4v) is 3.11. The van der Waals surface area contributed by atoms with E-state index < -0.39 is 11.4 Å². The molecule has 0 aliphatic heterocycles. The third kappa shape index (κ3) is 2.74. The average Bonchev–Trinajstić information content (AvgIpc) is 2.77. The van der Waals surface area contributed by atoms with Crippen LogP contribution in [0.2, 0.25) is 0 Å². The number of aromatic nitrogens is 1. The summed E-state index contributed by atoms with van der Waals surface area (Å²) in [7, 11) is 0. The van der Waals surface area contributed by atoms with E-state index in [0.717, 1.165) is 35.8 Å². The molecule has 1 aliphatic carbocycles. The molecule has 18 heavy (non-hydrogen) atoms. The number of carboxylic acid groups (broad SMARTS) is 1. The number of rotatable bonds is 4. The number of pyridine rings is 1. The summed E-state index contributed by atoms with van der Waals surface area (Å²) < 4.78 is 0.925. The molecule has 0 radical (unpaired) electrons. The van der Waals surface area contributed by atoms with Crippen LogP contribution in [-0.2, 0) is 11.2 Å². The van der Waals surface area contributed by atoms with Gasteiger partial charge in [-0.25, -0.2) is 0 Å². The summed E-state index contributed by atoms with van der Waals surface area (Å²) in [6, 6.07) is 3.83. The number of carbonyl (C=O) groups is 1. The van der Waals surface area contributed by atoms with Gasteiger partial charge in [-0.2, -0.15) is 0 Å². The molecule has 98 valence electrons. The minimum absolute atomic E-state index is 0.548. The van der Waals surface area contributed by atoms with Gasteiger partial charge in [-0.05, 0) is 53.2 Å². The molecule has 1 N–H and O–H groups in total. The normalized spacial score (nSPS) is 27.3. The molecule has 0 bridgehead atoms. The lowest BCUT2D eigenvalue weighted by atomic mass is 9.80. The average molecular weight is 312 g/mol. The molecule has 1 aliphatic rings. The standard InChI is InChI=1S/C14H18BrNO2/c1-2-10-5-6-14(7-10,13(17)18)8-12-4-3-11(15)9-16-12/h3-4,9-10H,2,5-8H2,1H3,(H,17,18). The Balaban J connectivity index is 2.17. The lowest BCUT2D eigenvalue weighted by molar-refractivity contribution is -0.148. The molecule has 0 spiro atoms. The summed E-state index contributed by atoms with van der Waals surface area (Å²) in [5, 5.41) is 9.56. The van der Waals surface area contributed by atoms with Gasteiger partial charge in [0, 0.05) is 22.8 Å². The number of aliphatic carboxylic acids is 1. The maximum atomic E-state index is 11.6. The summed E-state index contributed by atoms with van der Waals surface area (Å²) >= 11 is 3.34. The van der Waals surface area contributed by atoms with Crippen molar-refractivity contribution in [2.45, 2.75) is 39.0 Å². The highest BCUT2D eigenvalue weighted by molar-refractivity contribution is 9.10. The molecule has 2 unspecified atom stereocenters. The van der Waals surface area contributed by atoms with Gasteiger partial charge in [-0.3, -0.25) is 9.78 Å². The van der Waals surface area contributed by atoms with Gasteiger partial charge in [0.25, 0.3) is 0 Å². The van der Waals surface area contributed by atoms with E-state index in [1.54, 1.807) is 6.20 Å². The van der Waals surface area contributed by atoms with E-state index in [2.05, 4.69) is 27.8 Å². The molecule has 1 aromatic rings. The molecular weight excluding hydrogens is 294 g/mol. The van der Waals surface area contributed by atoms with Crippen molar-refractivity contribution in [1.29, 1.82) is 0 Å². The third-order valence-electron chi connectivity index (χ3n) is 4.05. The molecule has 2 rings (SSSR count). The zero-order valence-corrected chi connectivity index (χ0v) is 12.1. The highest BCUT2D eigenvalue weighted by Crippen LogP contribution is 2.45. The maximum absolute atomic E-state index is 11.6.